The Morgan fingerprint density at radius 1 is 0.552 bits per heavy atom. The van der Waals surface area contributed by atoms with E-state index in [0.29, 0.717) is 0 Å². The van der Waals surface area contributed by atoms with E-state index in [2.05, 4.69) is 0 Å². The molecular formula is C8HF16NO3S. The number of rotatable bonds is 5. The maximum atomic E-state index is 13.2. The Morgan fingerprint density at radius 2 is 0.862 bits per heavy atom. The van der Waals surface area contributed by atoms with Gasteiger partial charge in [0.25, 0.3) is 10.0 Å². The van der Waals surface area contributed by atoms with Crippen LogP contribution in [0.4, 0.5) is 70.2 Å². The molecule has 0 aromatic rings. The third-order valence-electron chi connectivity index (χ3n) is 2.76. The van der Waals surface area contributed by atoms with Gasteiger partial charge in [0.1, 0.15) is 0 Å². The van der Waals surface area contributed by atoms with Crippen molar-refractivity contribution in [3.8, 4) is 0 Å². The Morgan fingerprint density at radius 3 is 1.10 bits per heavy atom. The first-order valence-corrected chi connectivity index (χ1v) is 7.20. The maximum absolute atomic E-state index is 13.2. The summed E-state index contributed by atoms with van der Waals surface area (Å²) >= 11 is 0. The number of hydrogen-bond donors (Lipinski definition) is 1. The molecule has 0 saturated heterocycles. The minimum atomic E-state index is -8.22. The molecular weight excluding hydrogens is 494 g/mol. The maximum Gasteiger partial charge on any atom is 0.460 e. The number of sulfonamides is 1. The zero-order valence-corrected chi connectivity index (χ0v) is 13.0. The fraction of sp³-hybridized carbons (Fsp3) is 0.875. The van der Waals surface area contributed by atoms with Gasteiger partial charge in [-0.15, -0.1) is 0 Å². The van der Waals surface area contributed by atoms with Crippen LogP contribution in [-0.2, 0) is 14.8 Å². The van der Waals surface area contributed by atoms with Crippen molar-refractivity contribution in [1.82, 2.24) is 4.72 Å². The van der Waals surface area contributed by atoms with Gasteiger partial charge in [0.05, 0.1) is 0 Å². The van der Waals surface area contributed by atoms with E-state index >= 15 is 0 Å². The zero-order chi connectivity index (χ0) is 24.3. The Labute approximate surface area is 146 Å². The SMILES string of the molecule is O=C(NS(=O)(=O)C(F)(C(F)(F)F)C(F)(F)F)C(F)(F)C(F)(F)C(F)(F)C(F)(F)F. The van der Waals surface area contributed by atoms with Crippen LogP contribution < -0.4 is 4.72 Å². The molecule has 0 radical (unpaired) electrons. The van der Waals surface area contributed by atoms with Crippen LogP contribution >= 0.6 is 0 Å². The third-order valence-corrected chi connectivity index (χ3v) is 4.41. The van der Waals surface area contributed by atoms with Crippen molar-refractivity contribution >= 4 is 15.9 Å². The van der Waals surface area contributed by atoms with Crippen molar-refractivity contribution in [2.45, 2.75) is 41.3 Å². The number of halogens is 16. The molecule has 0 saturated carbocycles. The van der Waals surface area contributed by atoms with E-state index in [1.807, 2.05) is 0 Å². The first kappa shape index (κ1) is 27.3. The molecule has 0 aliphatic carbocycles. The smallest absolute Gasteiger partial charge is 0.267 e. The van der Waals surface area contributed by atoms with Crippen LogP contribution in [-0.4, -0.2) is 55.6 Å². The predicted molar refractivity (Wildman–Crippen MR) is 53.9 cm³/mol. The highest BCUT2D eigenvalue weighted by atomic mass is 32.2. The molecule has 0 spiro atoms. The lowest BCUT2D eigenvalue weighted by Crippen LogP contribution is -2.68. The molecule has 0 rings (SSSR count). The lowest BCUT2D eigenvalue weighted by molar-refractivity contribution is -0.388. The second kappa shape index (κ2) is 6.65. The summed E-state index contributed by atoms with van der Waals surface area (Å²) in [7, 11) is -8.22. The van der Waals surface area contributed by atoms with Gasteiger partial charge in [-0.05, 0) is 0 Å². The number of nitrogens with one attached hydrogen (secondary N) is 1. The molecule has 1 amide bonds. The molecule has 0 unspecified atom stereocenters. The van der Waals surface area contributed by atoms with Gasteiger partial charge in [0.15, 0.2) is 0 Å². The van der Waals surface area contributed by atoms with Crippen molar-refractivity contribution in [2.75, 3.05) is 0 Å². The first-order valence-electron chi connectivity index (χ1n) is 5.72. The second-order valence-corrected chi connectivity index (χ2v) is 6.52. The average Bonchev–Trinajstić information content (AvgIpc) is 2.41. The van der Waals surface area contributed by atoms with Crippen molar-refractivity contribution in [3.63, 3.8) is 0 Å². The van der Waals surface area contributed by atoms with Gasteiger partial charge in [0.2, 0.25) is 0 Å². The number of alkyl halides is 16. The van der Waals surface area contributed by atoms with Crippen molar-refractivity contribution < 1.29 is 83.5 Å². The van der Waals surface area contributed by atoms with Crippen molar-refractivity contribution in [2.24, 2.45) is 0 Å². The number of amides is 1. The zero-order valence-electron chi connectivity index (χ0n) is 12.2. The highest BCUT2D eigenvalue weighted by Gasteiger charge is 2.85. The molecule has 0 fully saturated rings. The summed E-state index contributed by atoms with van der Waals surface area (Å²) in [5, 5.41) is -7.64. The number of hydrogen-bond acceptors (Lipinski definition) is 3. The molecule has 0 aromatic heterocycles. The predicted octanol–water partition coefficient (Wildman–Crippen LogP) is 3.69. The van der Waals surface area contributed by atoms with E-state index in [-0.39, 0.29) is 0 Å². The molecule has 1 N–H and O–H groups in total. The monoisotopic (exact) mass is 495 g/mol. The topological polar surface area (TPSA) is 63.2 Å². The van der Waals surface area contributed by atoms with Crippen LogP contribution in [0.3, 0.4) is 0 Å². The van der Waals surface area contributed by atoms with Gasteiger partial charge >= 0.3 is 47.2 Å². The Balaban J connectivity index is 6.41. The molecule has 21 heteroatoms. The Hall–Kier alpha value is -1.70. The van der Waals surface area contributed by atoms with Gasteiger partial charge in [-0.1, -0.05) is 0 Å². The summed E-state index contributed by atoms with van der Waals surface area (Å²) in [6.45, 7) is 0. The summed E-state index contributed by atoms with van der Waals surface area (Å²) in [6.07, 6.45) is -22.8. The summed E-state index contributed by atoms with van der Waals surface area (Å²) in [6, 6.07) is 0. The van der Waals surface area contributed by atoms with Crippen LogP contribution in [0, 0.1) is 0 Å². The van der Waals surface area contributed by atoms with Crippen LogP contribution in [0.5, 0.6) is 0 Å². The molecule has 174 valence electrons. The lowest BCUT2D eigenvalue weighted by Gasteiger charge is -2.33. The molecule has 0 heterocycles. The fourth-order valence-corrected chi connectivity index (χ4v) is 2.36. The highest BCUT2D eigenvalue weighted by Crippen LogP contribution is 2.54. The third kappa shape index (κ3) is 3.88. The van der Waals surface area contributed by atoms with Crippen LogP contribution in [0.15, 0.2) is 0 Å². The van der Waals surface area contributed by atoms with Crippen LogP contribution in [0.25, 0.3) is 0 Å². The van der Waals surface area contributed by atoms with E-state index in [9.17, 15) is 83.5 Å². The minimum absolute atomic E-state index is 1.23. The number of carbonyl (C=O) groups excluding carboxylic acids is 1. The highest BCUT2D eigenvalue weighted by molar-refractivity contribution is 7.91. The summed E-state index contributed by atoms with van der Waals surface area (Å²) in [5.74, 6) is -28.2. The molecule has 0 bridgehead atoms. The Bertz CT molecular complexity index is 730. The van der Waals surface area contributed by atoms with E-state index in [1.54, 1.807) is 0 Å². The molecule has 29 heavy (non-hydrogen) atoms. The standard InChI is InChI=1S/C8HF16NO3S/c9-2(10,3(11,12)4(13,14)6(16,17)18)1(26)25-29(27,28)5(15,7(19,20)21)8(22,23)24/h(H,25,26). The van der Waals surface area contributed by atoms with Gasteiger partial charge in [-0.25, -0.2) is 17.5 Å². The second-order valence-electron chi connectivity index (χ2n) is 4.75. The quantitative estimate of drug-likeness (QED) is 0.593. The molecule has 4 nitrogen and oxygen atoms in total. The summed E-state index contributed by atoms with van der Waals surface area (Å²) < 4.78 is 219. The van der Waals surface area contributed by atoms with Crippen LogP contribution in [0.2, 0.25) is 0 Å². The van der Waals surface area contributed by atoms with E-state index in [1.165, 1.54) is 0 Å². The van der Waals surface area contributed by atoms with E-state index in [4.69, 9.17) is 0 Å². The molecule has 0 aromatic carbocycles. The molecule has 0 atom stereocenters. The lowest BCUT2D eigenvalue weighted by atomic mass is 10.0. The first-order chi connectivity index (χ1) is 12.1. The van der Waals surface area contributed by atoms with E-state index in [0.717, 1.165) is 0 Å². The fourth-order valence-electron chi connectivity index (χ4n) is 1.24. The molecule has 0 aliphatic rings. The Kier molecular flexibility index (Phi) is 6.26. The largest absolute Gasteiger partial charge is 0.460 e. The van der Waals surface area contributed by atoms with Gasteiger partial charge < -0.3 is 0 Å². The molecule has 0 aliphatic heterocycles. The summed E-state index contributed by atoms with van der Waals surface area (Å²) in [4.78, 5) is 10.7. The van der Waals surface area contributed by atoms with Gasteiger partial charge in [0, 0.05) is 0 Å². The van der Waals surface area contributed by atoms with Gasteiger partial charge in [-0.3, -0.25) is 4.79 Å². The van der Waals surface area contributed by atoms with E-state index < -0.39 is 61.9 Å². The minimum Gasteiger partial charge on any atom is -0.267 e. The van der Waals surface area contributed by atoms with Crippen molar-refractivity contribution in [1.29, 1.82) is 0 Å². The van der Waals surface area contributed by atoms with Crippen LogP contribution in [0.1, 0.15) is 0 Å². The van der Waals surface area contributed by atoms with Crippen molar-refractivity contribution in [3.05, 3.63) is 0 Å². The normalized spacial score (nSPS) is 16.0. The summed E-state index contributed by atoms with van der Waals surface area (Å²) in [5.41, 5.74) is 0. The average molecular weight is 495 g/mol. The van der Waals surface area contributed by atoms with Gasteiger partial charge in [-0.2, -0.15) is 65.9 Å². The number of carbonyl (C=O) groups is 1.